The van der Waals surface area contributed by atoms with Crippen molar-refractivity contribution >= 4 is 10.9 Å². The maximum absolute atomic E-state index is 10.6. The predicted octanol–water partition coefficient (Wildman–Crippen LogP) is 2.84. The van der Waals surface area contributed by atoms with Gasteiger partial charge in [0.25, 0.3) is 0 Å². The van der Waals surface area contributed by atoms with E-state index in [1.807, 2.05) is 30.3 Å². The highest BCUT2D eigenvalue weighted by molar-refractivity contribution is 5.79. The van der Waals surface area contributed by atoms with E-state index < -0.39 is 6.10 Å². The SMILES string of the molecule is CCc1nc(CN2CC[C@@H](Oc3ccc4cccnc4c3)[C@H](O)C2)c(C)[nH]1. The molecule has 6 heteroatoms. The zero-order chi connectivity index (χ0) is 18.8. The molecule has 1 aliphatic heterocycles. The van der Waals surface area contributed by atoms with Crippen LogP contribution in [0.15, 0.2) is 36.5 Å². The summed E-state index contributed by atoms with van der Waals surface area (Å²) < 4.78 is 6.08. The number of imidazole rings is 1. The van der Waals surface area contributed by atoms with Crippen LogP contribution in [-0.2, 0) is 13.0 Å². The number of aromatic amines is 1. The van der Waals surface area contributed by atoms with Crippen LogP contribution in [0.5, 0.6) is 5.75 Å². The fraction of sp³-hybridized carbons (Fsp3) is 0.429. The lowest BCUT2D eigenvalue weighted by molar-refractivity contribution is -0.0277. The highest BCUT2D eigenvalue weighted by atomic mass is 16.5. The molecular formula is C21H26N4O2. The molecule has 0 bridgehead atoms. The van der Waals surface area contributed by atoms with Crippen molar-refractivity contribution in [3.63, 3.8) is 0 Å². The van der Waals surface area contributed by atoms with E-state index in [0.29, 0.717) is 6.54 Å². The van der Waals surface area contributed by atoms with Crippen LogP contribution >= 0.6 is 0 Å². The van der Waals surface area contributed by atoms with Crippen LogP contribution in [0.4, 0.5) is 0 Å². The molecule has 3 aromatic rings. The molecular weight excluding hydrogens is 340 g/mol. The van der Waals surface area contributed by atoms with Crippen LogP contribution < -0.4 is 4.74 Å². The lowest BCUT2D eigenvalue weighted by Gasteiger charge is -2.35. The second kappa shape index (κ2) is 7.66. The third-order valence-electron chi connectivity index (χ3n) is 5.21. The van der Waals surface area contributed by atoms with Gasteiger partial charge in [-0.2, -0.15) is 0 Å². The van der Waals surface area contributed by atoms with E-state index in [-0.39, 0.29) is 6.10 Å². The molecule has 4 rings (SSSR count). The highest BCUT2D eigenvalue weighted by Gasteiger charge is 2.30. The Morgan fingerprint density at radius 3 is 3.00 bits per heavy atom. The van der Waals surface area contributed by atoms with E-state index in [9.17, 15) is 5.11 Å². The number of aryl methyl sites for hydroxylation is 2. The molecule has 3 heterocycles. The average molecular weight is 366 g/mol. The number of rotatable bonds is 5. The normalized spacial score (nSPS) is 20.9. The summed E-state index contributed by atoms with van der Waals surface area (Å²) in [7, 11) is 0. The quantitative estimate of drug-likeness (QED) is 0.726. The fourth-order valence-corrected chi connectivity index (χ4v) is 3.65. The number of nitrogens with one attached hydrogen (secondary N) is 1. The Morgan fingerprint density at radius 1 is 1.33 bits per heavy atom. The van der Waals surface area contributed by atoms with Crippen LogP contribution in [0.2, 0.25) is 0 Å². The van der Waals surface area contributed by atoms with Gasteiger partial charge in [0.05, 0.1) is 11.2 Å². The molecule has 2 aromatic heterocycles. The first-order valence-electron chi connectivity index (χ1n) is 9.58. The number of aliphatic hydroxyl groups excluding tert-OH is 1. The van der Waals surface area contributed by atoms with Gasteiger partial charge in [0.15, 0.2) is 0 Å². The van der Waals surface area contributed by atoms with Crippen LogP contribution in [0.3, 0.4) is 0 Å². The van der Waals surface area contributed by atoms with Gasteiger partial charge in [-0.25, -0.2) is 4.98 Å². The Balaban J connectivity index is 1.38. The molecule has 2 atom stereocenters. The molecule has 2 N–H and O–H groups in total. The summed E-state index contributed by atoms with van der Waals surface area (Å²) in [5, 5.41) is 11.7. The molecule has 1 aliphatic rings. The van der Waals surface area contributed by atoms with Gasteiger partial charge in [-0.15, -0.1) is 0 Å². The number of hydrogen-bond donors (Lipinski definition) is 2. The van der Waals surface area contributed by atoms with Crippen molar-refractivity contribution < 1.29 is 9.84 Å². The number of nitrogens with zero attached hydrogens (tertiary/aromatic N) is 3. The number of aliphatic hydroxyl groups is 1. The molecule has 142 valence electrons. The fourth-order valence-electron chi connectivity index (χ4n) is 3.65. The Labute approximate surface area is 159 Å². The van der Waals surface area contributed by atoms with Gasteiger partial charge in [0.1, 0.15) is 23.8 Å². The van der Waals surface area contributed by atoms with E-state index in [2.05, 4.69) is 33.7 Å². The summed E-state index contributed by atoms with van der Waals surface area (Å²) in [5.41, 5.74) is 3.09. The van der Waals surface area contributed by atoms with Crippen LogP contribution in [0, 0.1) is 6.92 Å². The number of hydrogen-bond acceptors (Lipinski definition) is 5. The van der Waals surface area contributed by atoms with E-state index in [1.165, 1.54) is 0 Å². The van der Waals surface area contributed by atoms with E-state index in [1.54, 1.807) is 6.20 Å². The number of pyridine rings is 1. The third kappa shape index (κ3) is 3.96. The van der Waals surface area contributed by atoms with Gasteiger partial charge >= 0.3 is 0 Å². The van der Waals surface area contributed by atoms with Gasteiger partial charge in [-0.3, -0.25) is 9.88 Å². The van der Waals surface area contributed by atoms with Crippen LogP contribution in [0.25, 0.3) is 10.9 Å². The molecule has 0 saturated carbocycles. The van der Waals surface area contributed by atoms with Gasteiger partial charge in [0.2, 0.25) is 0 Å². The van der Waals surface area contributed by atoms with Crippen molar-refractivity contribution in [3.05, 3.63) is 53.7 Å². The Morgan fingerprint density at radius 2 is 2.22 bits per heavy atom. The molecule has 1 saturated heterocycles. The molecule has 0 aliphatic carbocycles. The molecule has 0 spiro atoms. The molecule has 1 fully saturated rings. The number of H-pyrrole nitrogens is 1. The van der Waals surface area contributed by atoms with Gasteiger partial charge in [0, 0.05) is 49.4 Å². The topological polar surface area (TPSA) is 74.3 Å². The lowest BCUT2D eigenvalue weighted by atomic mass is 10.0. The first-order valence-corrected chi connectivity index (χ1v) is 9.58. The average Bonchev–Trinajstić information content (AvgIpc) is 3.03. The monoisotopic (exact) mass is 366 g/mol. The number of benzene rings is 1. The molecule has 0 radical (unpaired) electrons. The van der Waals surface area contributed by atoms with Crippen molar-refractivity contribution in [2.75, 3.05) is 13.1 Å². The minimum Gasteiger partial charge on any atom is -0.488 e. The Bertz CT molecular complexity index is 923. The predicted molar refractivity (Wildman–Crippen MR) is 105 cm³/mol. The lowest BCUT2D eigenvalue weighted by Crippen LogP contribution is -2.48. The number of β-amino-alcohol motifs (C(OH)–C–C–N with tert-alkyl or cyclic N) is 1. The van der Waals surface area contributed by atoms with E-state index >= 15 is 0 Å². The zero-order valence-electron chi connectivity index (χ0n) is 15.9. The van der Waals surface area contributed by atoms with Crippen molar-refractivity contribution in [3.8, 4) is 5.75 Å². The largest absolute Gasteiger partial charge is 0.488 e. The van der Waals surface area contributed by atoms with Crippen LogP contribution in [-0.4, -0.2) is 50.3 Å². The summed E-state index contributed by atoms with van der Waals surface area (Å²) in [6.07, 6.45) is 2.74. The minimum atomic E-state index is -0.525. The second-order valence-electron chi connectivity index (χ2n) is 7.21. The Kier molecular flexibility index (Phi) is 5.09. The second-order valence-corrected chi connectivity index (χ2v) is 7.21. The molecule has 6 nitrogen and oxygen atoms in total. The first-order chi connectivity index (χ1) is 13.1. The van der Waals surface area contributed by atoms with Crippen molar-refractivity contribution in [2.24, 2.45) is 0 Å². The van der Waals surface area contributed by atoms with Crippen molar-refractivity contribution in [1.29, 1.82) is 0 Å². The minimum absolute atomic E-state index is 0.200. The Hall–Kier alpha value is -2.44. The highest BCUT2D eigenvalue weighted by Crippen LogP contribution is 2.24. The van der Waals surface area contributed by atoms with Crippen molar-refractivity contribution in [2.45, 2.75) is 45.4 Å². The summed E-state index contributed by atoms with van der Waals surface area (Å²) >= 11 is 0. The third-order valence-corrected chi connectivity index (χ3v) is 5.21. The molecule has 0 amide bonds. The summed E-state index contributed by atoms with van der Waals surface area (Å²) in [6, 6.07) is 9.84. The maximum atomic E-state index is 10.6. The van der Waals surface area contributed by atoms with E-state index in [4.69, 9.17) is 4.74 Å². The number of piperidine rings is 1. The van der Waals surface area contributed by atoms with E-state index in [0.717, 1.165) is 59.8 Å². The number of likely N-dealkylation sites (tertiary alicyclic amines) is 1. The molecule has 27 heavy (non-hydrogen) atoms. The summed E-state index contributed by atoms with van der Waals surface area (Å²) in [6.45, 7) is 6.37. The summed E-state index contributed by atoms with van der Waals surface area (Å²) in [5.74, 6) is 1.78. The molecule has 0 unspecified atom stereocenters. The van der Waals surface area contributed by atoms with Crippen molar-refractivity contribution in [1.82, 2.24) is 19.9 Å². The van der Waals surface area contributed by atoms with Gasteiger partial charge in [-0.05, 0) is 31.5 Å². The van der Waals surface area contributed by atoms with Gasteiger partial charge < -0.3 is 14.8 Å². The smallest absolute Gasteiger partial charge is 0.127 e. The van der Waals surface area contributed by atoms with Gasteiger partial charge in [-0.1, -0.05) is 13.0 Å². The maximum Gasteiger partial charge on any atom is 0.127 e. The summed E-state index contributed by atoms with van der Waals surface area (Å²) in [4.78, 5) is 14.6. The first kappa shape index (κ1) is 17.9. The number of ether oxygens (including phenoxy) is 1. The standard InChI is InChI=1S/C21H26N4O2/c1-3-21-23-14(2)18(24-21)12-25-10-8-20(19(26)13-25)27-16-7-6-15-5-4-9-22-17(15)11-16/h4-7,9,11,19-20,26H,3,8,10,12-13H2,1-2H3,(H,23,24)/t19-,20-/m1/s1. The van der Waals surface area contributed by atoms with Crippen LogP contribution in [0.1, 0.15) is 30.6 Å². The molecule has 1 aromatic carbocycles. The number of aromatic nitrogens is 3. The zero-order valence-corrected chi connectivity index (χ0v) is 15.9. The number of fused-ring (bicyclic) bond motifs is 1.